The Labute approximate surface area is 152 Å². The summed E-state index contributed by atoms with van der Waals surface area (Å²) in [7, 11) is -3.02. The van der Waals surface area contributed by atoms with Gasteiger partial charge < -0.3 is 0 Å². The molecule has 1 aliphatic rings. The van der Waals surface area contributed by atoms with Gasteiger partial charge in [-0.25, -0.2) is 12.7 Å². The minimum absolute atomic E-state index is 0.0805. The average Bonchev–Trinajstić information content (AvgIpc) is 2.54. The van der Waals surface area contributed by atoms with Crippen molar-refractivity contribution in [3.05, 3.63) is 28.8 Å². The first-order valence-corrected chi connectivity index (χ1v) is 10.2. The zero-order valence-corrected chi connectivity index (χ0v) is 15.9. The maximum Gasteiger partial charge on any atom is 0.417 e. The molecule has 3 nitrogen and oxygen atoms in total. The van der Waals surface area contributed by atoms with Crippen LogP contribution in [-0.2, 0) is 16.2 Å². The summed E-state index contributed by atoms with van der Waals surface area (Å²) in [5.74, 6) is 0.483. The first kappa shape index (κ1) is 20.5. The molecule has 1 aromatic carbocycles. The molecule has 0 heterocycles. The number of hydrogen-bond donors (Lipinski definition) is 0. The Morgan fingerprint density at radius 2 is 1.84 bits per heavy atom. The third-order valence-electron chi connectivity index (χ3n) is 4.94. The van der Waals surface area contributed by atoms with Crippen molar-refractivity contribution < 1.29 is 21.6 Å². The number of benzene rings is 1. The molecule has 1 unspecified atom stereocenters. The number of alkyl halides is 3. The molecular formula is C17H23ClF3NO2S. The fourth-order valence-corrected chi connectivity index (χ4v) is 5.49. The molecular weight excluding hydrogens is 375 g/mol. The Morgan fingerprint density at radius 1 is 1.24 bits per heavy atom. The van der Waals surface area contributed by atoms with E-state index in [0.717, 1.165) is 42.1 Å². The van der Waals surface area contributed by atoms with Gasteiger partial charge in [0.25, 0.3) is 0 Å². The van der Waals surface area contributed by atoms with Gasteiger partial charge in [-0.05, 0) is 24.0 Å². The molecule has 1 atom stereocenters. The van der Waals surface area contributed by atoms with Crippen LogP contribution in [0.2, 0.25) is 5.02 Å². The normalized spacial score (nSPS) is 18.5. The number of halogens is 4. The highest BCUT2D eigenvalue weighted by molar-refractivity contribution is 7.89. The summed E-state index contributed by atoms with van der Waals surface area (Å²) in [6, 6.07) is 3.02. The van der Waals surface area contributed by atoms with Gasteiger partial charge in [0.1, 0.15) is 4.90 Å². The molecule has 0 aliphatic heterocycles. The van der Waals surface area contributed by atoms with E-state index >= 15 is 0 Å². The molecule has 2 rings (SSSR count). The van der Waals surface area contributed by atoms with Crippen molar-refractivity contribution in [1.29, 1.82) is 0 Å². The molecule has 1 saturated carbocycles. The van der Waals surface area contributed by atoms with Crippen LogP contribution in [0.5, 0.6) is 0 Å². The molecule has 1 fully saturated rings. The summed E-state index contributed by atoms with van der Waals surface area (Å²) >= 11 is 5.84. The Kier molecular flexibility index (Phi) is 6.44. The van der Waals surface area contributed by atoms with E-state index in [9.17, 15) is 21.6 Å². The lowest BCUT2D eigenvalue weighted by atomic mass is 9.81. The molecule has 0 bridgehead atoms. The van der Waals surface area contributed by atoms with Crippen molar-refractivity contribution in [3.63, 3.8) is 0 Å². The highest BCUT2D eigenvalue weighted by Crippen LogP contribution is 2.39. The van der Waals surface area contributed by atoms with Crippen molar-refractivity contribution in [2.45, 2.75) is 50.1 Å². The van der Waals surface area contributed by atoms with Crippen molar-refractivity contribution >= 4 is 21.6 Å². The summed E-state index contributed by atoms with van der Waals surface area (Å²) in [5, 5.41) is -0.410. The molecule has 0 spiro atoms. The molecule has 1 aliphatic carbocycles. The molecule has 0 aromatic heterocycles. The van der Waals surface area contributed by atoms with Crippen LogP contribution in [0.3, 0.4) is 0 Å². The Bertz CT molecular complexity index is 700. The second kappa shape index (κ2) is 7.84. The van der Waals surface area contributed by atoms with Crippen molar-refractivity contribution in [2.75, 3.05) is 13.6 Å². The van der Waals surface area contributed by atoms with Gasteiger partial charge >= 0.3 is 6.18 Å². The van der Waals surface area contributed by atoms with E-state index in [1.807, 2.05) is 6.92 Å². The largest absolute Gasteiger partial charge is 0.417 e. The van der Waals surface area contributed by atoms with Gasteiger partial charge in [0.05, 0.1) is 10.6 Å². The van der Waals surface area contributed by atoms with Crippen molar-refractivity contribution in [3.8, 4) is 0 Å². The third kappa shape index (κ3) is 4.68. The fraction of sp³-hybridized carbons (Fsp3) is 0.647. The number of rotatable bonds is 5. The second-order valence-electron chi connectivity index (χ2n) is 6.78. The van der Waals surface area contributed by atoms with E-state index < -0.39 is 31.7 Å². The van der Waals surface area contributed by atoms with Crippen LogP contribution in [0.4, 0.5) is 13.2 Å². The van der Waals surface area contributed by atoms with E-state index in [1.165, 1.54) is 19.5 Å². The zero-order chi connectivity index (χ0) is 18.8. The summed E-state index contributed by atoms with van der Waals surface area (Å²) in [6.45, 7) is 2.13. The van der Waals surface area contributed by atoms with Crippen LogP contribution in [0.25, 0.3) is 0 Å². The predicted octanol–water partition coefficient (Wildman–Crippen LogP) is 5.20. The Balaban J connectivity index is 2.29. The van der Waals surface area contributed by atoms with Gasteiger partial charge in [-0.3, -0.25) is 0 Å². The fourth-order valence-electron chi connectivity index (χ4n) is 3.51. The summed E-state index contributed by atoms with van der Waals surface area (Å²) in [4.78, 5) is -0.859. The standard InChI is InChI=1S/C17H23ClF3NO2S/c1-12(13-7-4-3-5-8-13)11-22(2)25(23,24)16-14(17(19,20)21)9-6-10-15(16)18/h6,9-10,12-13H,3-5,7-8,11H2,1-2H3. The highest BCUT2D eigenvalue weighted by Gasteiger charge is 2.40. The van der Waals surface area contributed by atoms with Crippen molar-refractivity contribution in [2.24, 2.45) is 11.8 Å². The van der Waals surface area contributed by atoms with Crippen molar-refractivity contribution in [1.82, 2.24) is 4.31 Å². The van der Waals surface area contributed by atoms with Gasteiger partial charge in [0, 0.05) is 13.6 Å². The quantitative estimate of drug-likeness (QED) is 0.685. The molecule has 0 N–H and O–H groups in total. The summed E-state index contributed by atoms with van der Waals surface area (Å²) in [6.07, 6.45) is 0.710. The van der Waals surface area contributed by atoms with E-state index in [1.54, 1.807) is 0 Å². The summed E-state index contributed by atoms with van der Waals surface area (Å²) < 4.78 is 66.3. The first-order chi connectivity index (χ1) is 11.5. The van der Waals surface area contributed by atoms with Crippen LogP contribution in [0.15, 0.2) is 23.1 Å². The maximum atomic E-state index is 13.2. The Hall–Kier alpha value is -0.790. The topological polar surface area (TPSA) is 37.4 Å². The highest BCUT2D eigenvalue weighted by atomic mass is 35.5. The Morgan fingerprint density at radius 3 is 2.40 bits per heavy atom. The smallest absolute Gasteiger partial charge is 0.207 e. The lowest BCUT2D eigenvalue weighted by molar-refractivity contribution is -0.139. The van der Waals surface area contributed by atoms with Crippen LogP contribution in [0.1, 0.15) is 44.6 Å². The lowest BCUT2D eigenvalue weighted by Crippen LogP contribution is -2.35. The molecule has 8 heteroatoms. The third-order valence-corrected chi connectivity index (χ3v) is 7.29. The zero-order valence-electron chi connectivity index (χ0n) is 14.3. The van der Waals surface area contributed by atoms with Crippen LogP contribution < -0.4 is 0 Å². The molecule has 1 aromatic rings. The number of nitrogens with zero attached hydrogens (tertiary/aromatic N) is 1. The lowest BCUT2D eigenvalue weighted by Gasteiger charge is -2.31. The maximum absolute atomic E-state index is 13.2. The molecule has 142 valence electrons. The molecule has 0 amide bonds. The predicted molar refractivity (Wildman–Crippen MR) is 92.0 cm³/mol. The van der Waals surface area contributed by atoms with E-state index in [0.29, 0.717) is 5.92 Å². The van der Waals surface area contributed by atoms with Gasteiger partial charge in [0.15, 0.2) is 0 Å². The average molecular weight is 398 g/mol. The minimum Gasteiger partial charge on any atom is -0.207 e. The van der Waals surface area contributed by atoms with Gasteiger partial charge in [-0.1, -0.05) is 56.7 Å². The molecule has 0 saturated heterocycles. The van der Waals surface area contributed by atoms with E-state index in [4.69, 9.17) is 11.6 Å². The molecule has 0 radical (unpaired) electrons. The van der Waals surface area contributed by atoms with Gasteiger partial charge in [-0.2, -0.15) is 13.2 Å². The minimum atomic E-state index is -4.79. The summed E-state index contributed by atoms with van der Waals surface area (Å²) in [5.41, 5.74) is -1.22. The monoisotopic (exact) mass is 397 g/mol. The van der Waals surface area contributed by atoms with Crippen LogP contribution in [0, 0.1) is 11.8 Å². The number of sulfonamides is 1. The first-order valence-electron chi connectivity index (χ1n) is 8.37. The van der Waals surface area contributed by atoms with E-state index in [-0.39, 0.29) is 12.5 Å². The molecule has 25 heavy (non-hydrogen) atoms. The van der Waals surface area contributed by atoms with E-state index in [2.05, 4.69) is 0 Å². The van der Waals surface area contributed by atoms with Gasteiger partial charge in [0.2, 0.25) is 10.0 Å². The SMILES string of the molecule is CC(CN(C)S(=O)(=O)c1c(Cl)cccc1C(F)(F)F)C1CCCCC1. The van der Waals surface area contributed by atoms with Crippen LogP contribution in [-0.4, -0.2) is 26.3 Å². The van der Waals surface area contributed by atoms with Gasteiger partial charge in [-0.15, -0.1) is 0 Å². The van der Waals surface area contributed by atoms with Crippen LogP contribution >= 0.6 is 11.6 Å². The second-order valence-corrected chi connectivity index (χ2v) is 9.16. The number of hydrogen-bond acceptors (Lipinski definition) is 2.